The highest BCUT2D eigenvalue weighted by Crippen LogP contribution is 2.21. The Kier molecular flexibility index (Phi) is 4.14. The second-order valence-corrected chi connectivity index (χ2v) is 5.90. The fourth-order valence-electron chi connectivity index (χ4n) is 2.80. The highest BCUT2D eigenvalue weighted by molar-refractivity contribution is 5.95. The molecule has 1 atom stereocenters. The van der Waals surface area contributed by atoms with Crippen LogP contribution in [0.4, 0.5) is 5.69 Å². The van der Waals surface area contributed by atoms with E-state index in [1.807, 2.05) is 30.3 Å². The standard InChI is InChI=1S/C18H16N6O2/c1-12-20-15-10-14(7-8-17(15)26-12)21-18(25)16(24-11-19-22-23-24)9-13-5-3-2-4-6-13/h2-8,10-11,16H,9H2,1H3,(H,21,25). The van der Waals surface area contributed by atoms with Crippen molar-refractivity contribution in [2.24, 2.45) is 0 Å². The monoisotopic (exact) mass is 348 g/mol. The molecule has 0 saturated carbocycles. The van der Waals surface area contributed by atoms with Crippen LogP contribution in [-0.2, 0) is 11.2 Å². The van der Waals surface area contributed by atoms with Crippen molar-refractivity contribution in [3.05, 3.63) is 66.3 Å². The molecule has 0 aliphatic heterocycles. The van der Waals surface area contributed by atoms with E-state index in [4.69, 9.17) is 4.42 Å². The Bertz CT molecular complexity index is 1030. The summed E-state index contributed by atoms with van der Waals surface area (Å²) in [6, 6.07) is 14.5. The molecule has 8 nitrogen and oxygen atoms in total. The number of amides is 1. The third-order valence-electron chi connectivity index (χ3n) is 4.02. The van der Waals surface area contributed by atoms with Crippen molar-refractivity contribution in [3.8, 4) is 0 Å². The molecular weight excluding hydrogens is 332 g/mol. The highest BCUT2D eigenvalue weighted by atomic mass is 16.3. The normalized spacial score (nSPS) is 12.2. The first-order valence-corrected chi connectivity index (χ1v) is 8.13. The Morgan fingerprint density at radius 1 is 1.23 bits per heavy atom. The number of oxazole rings is 1. The van der Waals surface area contributed by atoms with Gasteiger partial charge in [0.2, 0.25) is 5.91 Å². The topological polar surface area (TPSA) is 98.7 Å². The number of nitrogens with zero attached hydrogens (tertiary/aromatic N) is 5. The van der Waals surface area contributed by atoms with Gasteiger partial charge in [0.1, 0.15) is 17.9 Å². The minimum atomic E-state index is -0.567. The summed E-state index contributed by atoms with van der Waals surface area (Å²) >= 11 is 0. The number of hydrogen-bond acceptors (Lipinski definition) is 6. The molecule has 2 heterocycles. The van der Waals surface area contributed by atoms with Crippen LogP contribution < -0.4 is 5.32 Å². The Labute approximate surface area is 148 Å². The summed E-state index contributed by atoms with van der Waals surface area (Å²) in [5.41, 5.74) is 3.04. The number of carbonyl (C=O) groups excluding carboxylic acids is 1. The minimum Gasteiger partial charge on any atom is -0.441 e. The van der Waals surface area contributed by atoms with E-state index in [9.17, 15) is 4.79 Å². The van der Waals surface area contributed by atoms with Gasteiger partial charge in [-0.25, -0.2) is 9.67 Å². The van der Waals surface area contributed by atoms with Crippen molar-refractivity contribution in [2.45, 2.75) is 19.4 Å². The molecule has 0 aliphatic rings. The molecule has 0 fully saturated rings. The van der Waals surface area contributed by atoms with Gasteiger partial charge in [-0.15, -0.1) is 5.10 Å². The molecule has 2 aromatic carbocycles. The number of carbonyl (C=O) groups is 1. The van der Waals surface area contributed by atoms with Crippen LogP contribution in [0.2, 0.25) is 0 Å². The lowest BCUT2D eigenvalue weighted by Gasteiger charge is -2.16. The zero-order valence-corrected chi connectivity index (χ0v) is 14.0. The molecule has 0 saturated heterocycles. The molecule has 0 radical (unpaired) electrons. The quantitative estimate of drug-likeness (QED) is 0.595. The van der Waals surface area contributed by atoms with Crippen molar-refractivity contribution in [2.75, 3.05) is 5.32 Å². The van der Waals surface area contributed by atoms with Crippen LogP contribution in [-0.4, -0.2) is 31.1 Å². The number of hydrogen-bond donors (Lipinski definition) is 1. The van der Waals surface area contributed by atoms with Gasteiger partial charge in [0, 0.05) is 19.0 Å². The van der Waals surface area contributed by atoms with E-state index in [-0.39, 0.29) is 5.91 Å². The molecule has 2 aromatic heterocycles. The molecule has 0 spiro atoms. The lowest BCUT2D eigenvalue weighted by molar-refractivity contribution is -0.119. The molecule has 8 heteroatoms. The predicted octanol–water partition coefficient (Wildman–Crippen LogP) is 2.55. The molecule has 1 amide bonds. The molecule has 1 unspecified atom stereocenters. The molecule has 0 bridgehead atoms. The molecule has 4 aromatic rings. The second kappa shape index (κ2) is 6.75. The predicted molar refractivity (Wildman–Crippen MR) is 94.4 cm³/mol. The zero-order chi connectivity index (χ0) is 17.9. The van der Waals surface area contributed by atoms with Gasteiger partial charge in [-0.05, 0) is 34.2 Å². The summed E-state index contributed by atoms with van der Waals surface area (Å²) in [6.45, 7) is 1.78. The van der Waals surface area contributed by atoms with E-state index in [0.717, 1.165) is 5.56 Å². The summed E-state index contributed by atoms with van der Waals surface area (Å²) < 4.78 is 6.92. The summed E-state index contributed by atoms with van der Waals surface area (Å²) in [5, 5.41) is 14.1. The van der Waals surface area contributed by atoms with E-state index in [1.54, 1.807) is 25.1 Å². The maximum atomic E-state index is 12.9. The van der Waals surface area contributed by atoms with Crippen LogP contribution in [0.25, 0.3) is 11.1 Å². The van der Waals surface area contributed by atoms with Crippen LogP contribution in [0.3, 0.4) is 0 Å². The molecule has 0 aliphatic carbocycles. The zero-order valence-electron chi connectivity index (χ0n) is 14.0. The first kappa shape index (κ1) is 15.9. The first-order valence-electron chi connectivity index (χ1n) is 8.13. The summed E-state index contributed by atoms with van der Waals surface area (Å²) in [4.78, 5) is 17.2. The van der Waals surface area contributed by atoms with Gasteiger partial charge >= 0.3 is 0 Å². The van der Waals surface area contributed by atoms with Gasteiger partial charge in [-0.3, -0.25) is 4.79 Å². The maximum Gasteiger partial charge on any atom is 0.249 e. The summed E-state index contributed by atoms with van der Waals surface area (Å²) in [5.74, 6) is 0.375. The Balaban J connectivity index is 1.59. The summed E-state index contributed by atoms with van der Waals surface area (Å²) in [7, 11) is 0. The Morgan fingerprint density at radius 2 is 2.08 bits per heavy atom. The largest absolute Gasteiger partial charge is 0.441 e. The van der Waals surface area contributed by atoms with Crippen molar-refractivity contribution in [1.82, 2.24) is 25.2 Å². The number of aryl methyl sites for hydroxylation is 1. The van der Waals surface area contributed by atoms with Crippen LogP contribution >= 0.6 is 0 Å². The fraction of sp³-hybridized carbons (Fsp3) is 0.167. The van der Waals surface area contributed by atoms with Crippen molar-refractivity contribution >= 4 is 22.7 Å². The lowest BCUT2D eigenvalue weighted by Crippen LogP contribution is -2.28. The molecule has 130 valence electrons. The number of rotatable bonds is 5. The van der Waals surface area contributed by atoms with Crippen molar-refractivity contribution < 1.29 is 9.21 Å². The second-order valence-electron chi connectivity index (χ2n) is 5.90. The number of benzene rings is 2. The number of aromatic nitrogens is 5. The third-order valence-corrected chi connectivity index (χ3v) is 4.02. The smallest absolute Gasteiger partial charge is 0.249 e. The van der Waals surface area contributed by atoms with Gasteiger partial charge in [-0.1, -0.05) is 30.3 Å². The van der Waals surface area contributed by atoms with Gasteiger partial charge in [0.15, 0.2) is 11.5 Å². The van der Waals surface area contributed by atoms with Crippen LogP contribution in [0, 0.1) is 6.92 Å². The van der Waals surface area contributed by atoms with E-state index in [2.05, 4.69) is 25.8 Å². The van der Waals surface area contributed by atoms with Crippen molar-refractivity contribution in [3.63, 3.8) is 0 Å². The van der Waals surface area contributed by atoms with E-state index in [0.29, 0.717) is 29.1 Å². The summed E-state index contributed by atoms with van der Waals surface area (Å²) in [6.07, 6.45) is 1.92. The Morgan fingerprint density at radius 3 is 2.85 bits per heavy atom. The average Bonchev–Trinajstić information content (AvgIpc) is 3.29. The van der Waals surface area contributed by atoms with Gasteiger partial charge < -0.3 is 9.73 Å². The lowest BCUT2D eigenvalue weighted by atomic mass is 10.1. The van der Waals surface area contributed by atoms with E-state index < -0.39 is 6.04 Å². The minimum absolute atomic E-state index is 0.208. The SMILES string of the molecule is Cc1nc2cc(NC(=O)C(Cc3ccccc3)n3cnnn3)ccc2o1. The molecule has 4 rings (SSSR count). The van der Waals surface area contributed by atoms with Gasteiger partial charge in [0.25, 0.3) is 0 Å². The number of nitrogens with one attached hydrogen (secondary N) is 1. The van der Waals surface area contributed by atoms with Gasteiger partial charge in [-0.2, -0.15) is 0 Å². The number of fused-ring (bicyclic) bond motifs is 1. The van der Waals surface area contributed by atoms with Crippen molar-refractivity contribution in [1.29, 1.82) is 0 Å². The van der Waals surface area contributed by atoms with Crippen LogP contribution in [0.15, 0.2) is 59.3 Å². The molecular formula is C18H16N6O2. The van der Waals surface area contributed by atoms with Gasteiger partial charge in [0.05, 0.1) is 0 Å². The average molecular weight is 348 g/mol. The Hall–Kier alpha value is -3.55. The fourth-order valence-corrected chi connectivity index (χ4v) is 2.80. The molecule has 1 N–H and O–H groups in total. The third kappa shape index (κ3) is 3.30. The van der Waals surface area contributed by atoms with Crippen LogP contribution in [0.1, 0.15) is 17.5 Å². The maximum absolute atomic E-state index is 12.9. The molecule has 26 heavy (non-hydrogen) atoms. The number of tetrazole rings is 1. The van der Waals surface area contributed by atoms with E-state index in [1.165, 1.54) is 11.0 Å². The van der Waals surface area contributed by atoms with Crippen LogP contribution in [0.5, 0.6) is 0 Å². The highest BCUT2D eigenvalue weighted by Gasteiger charge is 2.22. The van der Waals surface area contributed by atoms with E-state index >= 15 is 0 Å². The first-order chi connectivity index (χ1) is 12.7. The number of anilines is 1.